The molecule has 2 aromatic heterocycles. The van der Waals surface area contributed by atoms with Crippen LogP contribution in [0, 0.1) is 23.2 Å². The molecule has 3 aliphatic carbocycles. The maximum absolute atomic E-state index is 11.7. The Labute approximate surface area is 261 Å². The van der Waals surface area contributed by atoms with Crippen molar-refractivity contribution in [3.63, 3.8) is 0 Å². The van der Waals surface area contributed by atoms with Crippen LogP contribution >= 0.6 is 0 Å². The fourth-order valence-corrected chi connectivity index (χ4v) is 8.21. The fraction of sp³-hybridized carbons (Fsp3) is 0.686. The molecule has 3 aliphatic rings. The lowest BCUT2D eigenvalue weighted by Crippen LogP contribution is -2.37. The highest BCUT2D eigenvalue weighted by molar-refractivity contribution is 5.69. The Kier molecular flexibility index (Phi) is 10.3. The molecule has 6 atom stereocenters. The Hall–Kier alpha value is -2.75. The van der Waals surface area contributed by atoms with E-state index >= 15 is 0 Å². The average molecular weight is 611 g/mol. The van der Waals surface area contributed by atoms with Crippen molar-refractivity contribution < 1.29 is 15.3 Å². The predicted molar refractivity (Wildman–Crippen MR) is 175 cm³/mol. The molecule has 0 aromatic carbocycles. The number of aryl methyl sites for hydroxylation is 2. The zero-order valence-corrected chi connectivity index (χ0v) is 27.8. The Morgan fingerprint density at radius 2 is 1.86 bits per heavy atom. The lowest BCUT2D eigenvalue weighted by atomic mass is 9.60. The molecule has 5 rings (SSSR count). The van der Waals surface area contributed by atoms with Gasteiger partial charge in [-0.1, -0.05) is 51.0 Å². The van der Waals surface area contributed by atoms with Gasteiger partial charge < -0.3 is 19.9 Å². The van der Waals surface area contributed by atoms with Gasteiger partial charge in [-0.05, 0) is 93.1 Å². The molecule has 3 N–H and O–H groups in total. The highest BCUT2D eigenvalue weighted by Crippen LogP contribution is 2.60. The molecule has 9 nitrogen and oxygen atoms in total. The number of aliphatic hydroxyl groups excluding tert-OH is 2. The molecule has 2 heterocycles. The van der Waals surface area contributed by atoms with Gasteiger partial charge in [0.15, 0.2) is 11.2 Å². The van der Waals surface area contributed by atoms with E-state index in [2.05, 4.69) is 37.6 Å². The zero-order chi connectivity index (χ0) is 32.6. The number of imidazole rings is 1. The normalized spacial score (nSPS) is 30.0. The van der Waals surface area contributed by atoms with Gasteiger partial charge in [-0.15, -0.1) is 0 Å². The summed E-state index contributed by atoms with van der Waals surface area (Å²) in [6.07, 6.45) is 15.4. The van der Waals surface area contributed by atoms with E-state index in [9.17, 15) is 24.9 Å². The molecule has 0 spiro atoms. The second-order valence-electron chi connectivity index (χ2n) is 14.6. The summed E-state index contributed by atoms with van der Waals surface area (Å²) in [6, 6.07) is 0. The molecule has 3 fully saturated rings. The highest BCUT2D eigenvalue weighted by Gasteiger charge is 2.50. The van der Waals surface area contributed by atoms with Gasteiger partial charge in [0.25, 0.3) is 5.56 Å². The zero-order valence-electron chi connectivity index (χ0n) is 27.8. The van der Waals surface area contributed by atoms with Crippen molar-refractivity contribution in [2.24, 2.45) is 44.3 Å². The molecule has 9 heteroatoms. The van der Waals surface area contributed by atoms with E-state index in [-0.39, 0.29) is 11.2 Å². The van der Waals surface area contributed by atoms with E-state index in [4.69, 9.17) is 0 Å². The van der Waals surface area contributed by atoms with Gasteiger partial charge in [0.1, 0.15) is 0 Å². The molecular formula is C35H54N4O5. The van der Waals surface area contributed by atoms with Gasteiger partial charge >= 0.3 is 5.69 Å². The van der Waals surface area contributed by atoms with E-state index in [1.807, 2.05) is 13.8 Å². The van der Waals surface area contributed by atoms with Crippen LogP contribution in [0.25, 0.3) is 11.2 Å². The molecule has 244 valence electrons. The molecule has 0 unspecified atom stereocenters. The largest absolute Gasteiger partial charge is 0.393 e. The van der Waals surface area contributed by atoms with Crippen molar-refractivity contribution >= 4 is 11.2 Å². The summed E-state index contributed by atoms with van der Waals surface area (Å²) in [4.78, 5) is 27.2. The van der Waals surface area contributed by atoms with Crippen LogP contribution in [0.1, 0.15) is 91.9 Å². The summed E-state index contributed by atoms with van der Waals surface area (Å²) >= 11 is 0. The number of aromatic nitrogens is 4. The van der Waals surface area contributed by atoms with Crippen molar-refractivity contribution in [2.75, 3.05) is 0 Å². The number of nitrogens with zero attached hydrogens (tertiary/aromatic N) is 4. The van der Waals surface area contributed by atoms with Crippen LogP contribution in [0.3, 0.4) is 0 Å². The van der Waals surface area contributed by atoms with Crippen LogP contribution in [-0.4, -0.2) is 51.8 Å². The number of allylic oxidation sites excluding steroid dienone is 3. The second-order valence-corrected chi connectivity index (χ2v) is 14.6. The van der Waals surface area contributed by atoms with Gasteiger partial charge in [0.2, 0.25) is 0 Å². The molecule has 2 aromatic rings. The second kappa shape index (κ2) is 13.3. The molecular weight excluding hydrogens is 556 g/mol. The van der Waals surface area contributed by atoms with Crippen LogP contribution in [0.2, 0.25) is 0 Å². The topological polar surface area (TPSA) is 123 Å². The number of hydrogen-bond acceptors (Lipinski definition) is 6. The molecule has 0 aliphatic heterocycles. The summed E-state index contributed by atoms with van der Waals surface area (Å²) in [5.41, 5.74) is 3.35. The van der Waals surface area contributed by atoms with Gasteiger partial charge in [0, 0.05) is 27.6 Å². The van der Waals surface area contributed by atoms with Crippen LogP contribution in [0.4, 0.5) is 0 Å². The van der Waals surface area contributed by atoms with Crippen LogP contribution in [0.15, 0.2) is 51.4 Å². The van der Waals surface area contributed by atoms with Crippen molar-refractivity contribution in [3.8, 4) is 0 Å². The van der Waals surface area contributed by atoms with Gasteiger partial charge in [0.05, 0.1) is 24.1 Å². The van der Waals surface area contributed by atoms with E-state index in [0.717, 1.165) is 34.5 Å². The summed E-state index contributed by atoms with van der Waals surface area (Å²) in [7, 11) is 4.77. The lowest BCUT2D eigenvalue weighted by molar-refractivity contribution is 0.0596. The molecule has 0 saturated heterocycles. The molecule has 3 saturated carbocycles. The Balaban J connectivity index is 0.000000262. The minimum absolute atomic E-state index is 0.317. The van der Waals surface area contributed by atoms with Crippen molar-refractivity contribution in [1.29, 1.82) is 0 Å². The van der Waals surface area contributed by atoms with Gasteiger partial charge in [-0.25, -0.2) is 9.78 Å². The summed E-state index contributed by atoms with van der Waals surface area (Å²) < 4.78 is 4.04. The predicted octanol–water partition coefficient (Wildman–Crippen LogP) is 4.68. The summed E-state index contributed by atoms with van der Waals surface area (Å²) in [5.74, 6) is 2.11. The number of rotatable bonds is 6. The SMILES string of the molecule is C=C1/C(=C\C=C2/CCC[C@]3(C)[C@@H]([C@H](C)CCCC(C)(C)O)CC[C@@H]23)C[C@@H](O)C[C@@H]1O.Cn1c(=O)c2c(ncn2C)n(C)c1=O. The summed E-state index contributed by atoms with van der Waals surface area (Å²) in [6.45, 7) is 12.8. The number of hydrogen-bond donors (Lipinski definition) is 3. The van der Waals surface area contributed by atoms with E-state index in [1.165, 1.54) is 56.5 Å². The quantitative estimate of drug-likeness (QED) is 0.437. The van der Waals surface area contributed by atoms with Gasteiger partial charge in [-0.3, -0.25) is 13.9 Å². The van der Waals surface area contributed by atoms with Gasteiger partial charge in [-0.2, -0.15) is 0 Å². The summed E-state index contributed by atoms with van der Waals surface area (Å²) in [5, 5.41) is 30.2. The first-order chi connectivity index (χ1) is 20.5. The monoisotopic (exact) mass is 610 g/mol. The van der Waals surface area contributed by atoms with Crippen LogP contribution in [-0.2, 0) is 21.1 Å². The smallest absolute Gasteiger partial charge is 0.332 e. The first-order valence-electron chi connectivity index (χ1n) is 16.3. The maximum Gasteiger partial charge on any atom is 0.332 e. The van der Waals surface area contributed by atoms with Crippen LogP contribution in [0.5, 0.6) is 0 Å². The maximum atomic E-state index is 11.7. The lowest BCUT2D eigenvalue weighted by Gasteiger charge is -2.44. The van der Waals surface area contributed by atoms with E-state index in [0.29, 0.717) is 41.3 Å². The molecule has 44 heavy (non-hydrogen) atoms. The third kappa shape index (κ3) is 7.05. The first kappa shape index (κ1) is 34.1. The fourth-order valence-electron chi connectivity index (χ4n) is 8.21. The first-order valence-corrected chi connectivity index (χ1v) is 16.3. The Morgan fingerprint density at radius 3 is 2.55 bits per heavy atom. The standard InChI is InChI=1S/C27H44O3.C8H10N4O2/c1-18(8-6-14-26(3,4)30)23-12-13-24-20(9-7-15-27(23,24)5)10-11-21-16-22(28)17-25(29)19(21)2;1-10-4-9-6-5(10)7(13)12(3)8(14)11(6)2/h10-11,18,22-25,28-30H,2,6-9,12-17H2,1,3-5H3;4H,1-3H3/b20-10+,21-11-;/t18-,22-,23-,24+,25+,27-;/m1./s1. The minimum atomic E-state index is -0.615. The Bertz CT molecular complexity index is 1540. The third-order valence-electron chi connectivity index (χ3n) is 10.8. The van der Waals surface area contributed by atoms with Crippen LogP contribution < -0.4 is 11.2 Å². The number of aliphatic hydroxyl groups is 3. The molecule has 0 radical (unpaired) electrons. The molecule has 0 bridgehead atoms. The Morgan fingerprint density at radius 1 is 1.16 bits per heavy atom. The van der Waals surface area contributed by atoms with Crippen molar-refractivity contribution in [2.45, 2.75) is 110 Å². The highest BCUT2D eigenvalue weighted by atomic mass is 16.3. The number of fused-ring (bicyclic) bond motifs is 2. The molecule has 0 amide bonds. The van der Waals surface area contributed by atoms with Crippen molar-refractivity contribution in [3.05, 3.63) is 62.6 Å². The van der Waals surface area contributed by atoms with E-state index < -0.39 is 17.8 Å². The average Bonchev–Trinajstić information content (AvgIpc) is 3.51. The van der Waals surface area contributed by atoms with E-state index in [1.54, 1.807) is 24.2 Å². The minimum Gasteiger partial charge on any atom is -0.393 e. The third-order valence-corrected chi connectivity index (χ3v) is 10.8. The van der Waals surface area contributed by atoms with Crippen molar-refractivity contribution in [1.82, 2.24) is 18.7 Å².